The van der Waals surface area contributed by atoms with Crippen molar-refractivity contribution in [3.63, 3.8) is 0 Å². The second-order valence-electron chi connectivity index (χ2n) is 9.14. The Morgan fingerprint density at radius 1 is 0.963 bits per heavy atom. The van der Waals surface area contributed by atoms with Crippen molar-refractivity contribution < 1.29 is 14.3 Å². The fourth-order valence-corrected chi connectivity index (χ4v) is 4.29. The van der Waals surface area contributed by atoms with Crippen molar-refractivity contribution >= 4 is 12.0 Å². The number of alkyl carbamates (subject to hydrolysis) is 1. The van der Waals surface area contributed by atoms with E-state index in [1.807, 2.05) is 20.8 Å². The number of hydrogen-bond acceptors (Lipinski definition) is 4. The average Bonchev–Trinajstić information content (AvgIpc) is 2.64. The van der Waals surface area contributed by atoms with Crippen LogP contribution < -0.4 is 10.6 Å². The summed E-state index contributed by atoms with van der Waals surface area (Å²) in [7, 11) is 0. The van der Waals surface area contributed by atoms with E-state index in [1.54, 1.807) is 0 Å². The number of hydrogen-bond donors (Lipinski definition) is 2. The molecule has 0 radical (unpaired) electrons. The van der Waals surface area contributed by atoms with E-state index in [2.05, 4.69) is 15.5 Å². The molecule has 2 amide bonds. The molecule has 2 N–H and O–H groups in total. The zero-order valence-electron chi connectivity index (χ0n) is 17.6. The van der Waals surface area contributed by atoms with E-state index in [0.29, 0.717) is 19.4 Å². The summed E-state index contributed by atoms with van der Waals surface area (Å²) in [6.07, 6.45) is 10.8. The Morgan fingerprint density at radius 3 is 2.22 bits per heavy atom. The van der Waals surface area contributed by atoms with E-state index >= 15 is 0 Å². The molecule has 156 valence electrons. The summed E-state index contributed by atoms with van der Waals surface area (Å²) in [5.74, 6) is 0.0861. The van der Waals surface area contributed by atoms with Gasteiger partial charge in [-0.1, -0.05) is 25.7 Å². The van der Waals surface area contributed by atoms with Crippen LogP contribution in [0, 0.1) is 0 Å². The summed E-state index contributed by atoms with van der Waals surface area (Å²) in [6, 6.07) is 0. The third kappa shape index (κ3) is 7.68. The lowest BCUT2D eigenvalue weighted by atomic mass is 9.79. The standard InChI is InChI=1S/C21H39N3O3/c1-20(2,3)27-19(26)22-14-10-11-18(25)23-17-21(12-6-4-7-13-21)24-15-8-5-9-16-24/h4-17H2,1-3H3,(H,22,26)(H,23,25). The molecule has 1 aliphatic carbocycles. The lowest BCUT2D eigenvalue weighted by molar-refractivity contribution is -0.122. The minimum atomic E-state index is -0.496. The predicted molar refractivity (Wildman–Crippen MR) is 108 cm³/mol. The van der Waals surface area contributed by atoms with Gasteiger partial charge in [-0.05, 0) is 66.0 Å². The van der Waals surface area contributed by atoms with Gasteiger partial charge in [0.15, 0.2) is 0 Å². The van der Waals surface area contributed by atoms with Crippen molar-refractivity contribution in [3.8, 4) is 0 Å². The normalized spacial score (nSPS) is 20.7. The first kappa shape index (κ1) is 22.0. The number of amides is 2. The maximum absolute atomic E-state index is 12.3. The molecule has 2 fully saturated rings. The van der Waals surface area contributed by atoms with Crippen LogP contribution in [-0.2, 0) is 9.53 Å². The highest BCUT2D eigenvalue weighted by Gasteiger charge is 2.38. The number of carbonyl (C=O) groups is 2. The molecule has 0 aromatic heterocycles. The van der Waals surface area contributed by atoms with Crippen LogP contribution >= 0.6 is 0 Å². The van der Waals surface area contributed by atoms with Gasteiger partial charge in [-0.25, -0.2) is 4.79 Å². The first-order valence-electron chi connectivity index (χ1n) is 10.8. The van der Waals surface area contributed by atoms with E-state index in [0.717, 1.165) is 6.54 Å². The van der Waals surface area contributed by atoms with Gasteiger partial charge >= 0.3 is 6.09 Å². The van der Waals surface area contributed by atoms with Crippen molar-refractivity contribution in [2.75, 3.05) is 26.2 Å². The van der Waals surface area contributed by atoms with E-state index in [9.17, 15) is 9.59 Å². The molecule has 2 rings (SSSR count). The molecule has 0 bridgehead atoms. The minimum Gasteiger partial charge on any atom is -0.444 e. The summed E-state index contributed by atoms with van der Waals surface area (Å²) < 4.78 is 5.20. The smallest absolute Gasteiger partial charge is 0.407 e. The Kier molecular flexibility index (Phi) is 8.39. The highest BCUT2D eigenvalue weighted by molar-refractivity contribution is 5.76. The van der Waals surface area contributed by atoms with Gasteiger partial charge in [0, 0.05) is 25.0 Å². The maximum Gasteiger partial charge on any atom is 0.407 e. The Hall–Kier alpha value is -1.30. The van der Waals surface area contributed by atoms with E-state index in [4.69, 9.17) is 4.74 Å². The molecule has 2 aliphatic rings. The second kappa shape index (κ2) is 10.3. The van der Waals surface area contributed by atoms with E-state index < -0.39 is 11.7 Å². The van der Waals surface area contributed by atoms with Gasteiger partial charge in [0.05, 0.1) is 0 Å². The number of likely N-dealkylation sites (tertiary alicyclic amines) is 1. The molecule has 6 heteroatoms. The Labute approximate surface area is 164 Å². The molecule has 0 unspecified atom stereocenters. The number of rotatable bonds is 7. The molecule has 1 saturated carbocycles. The summed E-state index contributed by atoms with van der Waals surface area (Å²) in [4.78, 5) is 26.6. The van der Waals surface area contributed by atoms with Crippen LogP contribution in [-0.4, -0.2) is 54.2 Å². The quantitative estimate of drug-likeness (QED) is 0.661. The first-order chi connectivity index (χ1) is 12.8. The summed E-state index contributed by atoms with van der Waals surface area (Å²) in [5, 5.41) is 5.90. The van der Waals surface area contributed by atoms with Gasteiger partial charge < -0.3 is 15.4 Å². The largest absolute Gasteiger partial charge is 0.444 e. The van der Waals surface area contributed by atoms with Gasteiger partial charge in [0.2, 0.25) is 5.91 Å². The highest BCUT2D eigenvalue weighted by atomic mass is 16.6. The van der Waals surface area contributed by atoms with Crippen molar-refractivity contribution in [1.82, 2.24) is 15.5 Å². The Bertz CT molecular complexity index is 476. The summed E-state index contributed by atoms with van der Waals surface area (Å²) >= 11 is 0. The van der Waals surface area contributed by atoms with Crippen LogP contribution in [0.15, 0.2) is 0 Å². The highest BCUT2D eigenvalue weighted by Crippen LogP contribution is 2.35. The molecule has 27 heavy (non-hydrogen) atoms. The molecule has 1 saturated heterocycles. The molecular weight excluding hydrogens is 342 g/mol. The van der Waals surface area contributed by atoms with Gasteiger partial charge in [0.25, 0.3) is 0 Å². The average molecular weight is 382 g/mol. The number of nitrogens with one attached hydrogen (secondary N) is 2. The molecule has 6 nitrogen and oxygen atoms in total. The van der Waals surface area contributed by atoms with Crippen LogP contribution in [0.1, 0.15) is 85.0 Å². The van der Waals surface area contributed by atoms with Crippen LogP contribution in [0.2, 0.25) is 0 Å². The third-order valence-corrected chi connectivity index (χ3v) is 5.67. The molecule has 0 aromatic rings. The molecular formula is C21H39N3O3. The van der Waals surface area contributed by atoms with Gasteiger partial charge in [-0.15, -0.1) is 0 Å². The predicted octanol–water partition coefficient (Wildman–Crippen LogP) is 3.60. The van der Waals surface area contributed by atoms with E-state index in [-0.39, 0.29) is 11.4 Å². The third-order valence-electron chi connectivity index (χ3n) is 5.67. The maximum atomic E-state index is 12.3. The SMILES string of the molecule is CC(C)(C)OC(=O)NCCCC(=O)NCC1(N2CCCCC2)CCCCC1. The fraction of sp³-hybridized carbons (Fsp3) is 0.905. The van der Waals surface area contributed by atoms with Crippen LogP contribution in [0.4, 0.5) is 4.79 Å². The van der Waals surface area contributed by atoms with Gasteiger partial charge in [0.1, 0.15) is 5.60 Å². The zero-order valence-corrected chi connectivity index (χ0v) is 17.6. The Morgan fingerprint density at radius 2 is 1.59 bits per heavy atom. The molecule has 0 atom stereocenters. The minimum absolute atomic E-state index is 0.0861. The topological polar surface area (TPSA) is 70.7 Å². The number of nitrogens with zero attached hydrogens (tertiary/aromatic N) is 1. The van der Waals surface area contributed by atoms with Crippen molar-refractivity contribution in [3.05, 3.63) is 0 Å². The lowest BCUT2D eigenvalue weighted by Crippen LogP contribution is -2.58. The van der Waals surface area contributed by atoms with E-state index in [1.165, 1.54) is 64.5 Å². The zero-order chi connectivity index (χ0) is 19.8. The van der Waals surface area contributed by atoms with Crippen molar-refractivity contribution in [2.24, 2.45) is 0 Å². The molecule has 0 spiro atoms. The number of ether oxygens (including phenoxy) is 1. The summed E-state index contributed by atoms with van der Waals surface area (Å²) in [5.41, 5.74) is -0.326. The second-order valence-corrected chi connectivity index (χ2v) is 9.14. The van der Waals surface area contributed by atoms with Crippen LogP contribution in [0.5, 0.6) is 0 Å². The summed E-state index contributed by atoms with van der Waals surface area (Å²) in [6.45, 7) is 9.09. The fourth-order valence-electron chi connectivity index (χ4n) is 4.29. The molecule has 0 aromatic carbocycles. The number of carbonyl (C=O) groups excluding carboxylic acids is 2. The monoisotopic (exact) mass is 381 g/mol. The van der Waals surface area contributed by atoms with Crippen molar-refractivity contribution in [1.29, 1.82) is 0 Å². The lowest BCUT2D eigenvalue weighted by Gasteiger charge is -2.48. The van der Waals surface area contributed by atoms with Crippen molar-refractivity contribution in [2.45, 2.75) is 96.1 Å². The van der Waals surface area contributed by atoms with Crippen LogP contribution in [0.3, 0.4) is 0 Å². The van der Waals surface area contributed by atoms with Gasteiger partial charge in [-0.2, -0.15) is 0 Å². The first-order valence-corrected chi connectivity index (χ1v) is 10.8. The molecule has 1 heterocycles. The van der Waals surface area contributed by atoms with Crippen LogP contribution in [0.25, 0.3) is 0 Å². The molecule has 1 aliphatic heterocycles. The number of piperidine rings is 1. The Balaban J connectivity index is 1.70. The van der Waals surface area contributed by atoms with Gasteiger partial charge in [-0.3, -0.25) is 9.69 Å².